The van der Waals surface area contributed by atoms with Gasteiger partial charge in [0.2, 0.25) is 10.0 Å². The van der Waals surface area contributed by atoms with Crippen LogP contribution in [0.5, 0.6) is 0 Å². The first-order valence-corrected chi connectivity index (χ1v) is 7.21. The third kappa shape index (κ3) is 3.30. The highest BCUT2D eigenvalue weighted by Crippen LogP contribution is 2.18. The summed E-state index contributed by atoms with van der Waals surface area (Å²) in [5.41, 5.74) is 0.493. The van der Waals surface area contributed by atoms with Crippen LogP contribution in [0.25, 0.3) is 0 Å². The molecule has 7 nitrogen and oxygen atoms in total. The monoisotopic (exact) mass is 281 g/mol. The number of nitrogens with one attached hydrogen (secondary N) is 1. The molecule has 102 valence electrons. The third-order valence-electron chi connectivity index (χ3n) is 2.66. The van der Waals surface area contributed by atoms with Gasteiger partial charge in [0, 0.05) is 20.0 Å². The Kier molecular flexibility index (Phi) is 3.82. The van der Waals surface area contributed by atoms with Crippen LogP contribution in [0.4, 0.5) is 5.69 Å². The molecule has 0 unspecified atom stereocenters. The predicted molar refractivity (Wildman–Crippen MR) is 71.0 cm³/mol. The van der Waals surface area contributed by atoms with E-state index in [4.69, 9.17) is 5.14 Å². The minimum Gasteiger partial charge on any atom is -0.383 e. The van der Waals surface area contributed by atoms with Crippen molar-refractivity contribution >= 4 is 15.7 Å². The van der Waals surface area contributed by atoms with E-state index in [1.807, 2.05) is 11.6 Å². The highest BCUT2D eigenvalue weighted by Gasteiger charge is 2.12. The first-order chi connectivity index (χ1) is 8.98. The van der Waals surface area contributed by atoms with Crippen molar-refractivity contribution in [3.05, 3.63) is 36.4 Å². The number of nitrogens with zero attached hydrogens (tertiary/aromatic N) is 3. The molecule has 19 heavy (non-hydrogen) atoms. The number of hydrogen-bond acceptors (Lipinski definition) is 5. The van der Waals surface area contributed by atoms with Crippen molar-refractivity contribution in [3.63, 3.8) is 0 Å². The number of rotatable bonds is 5. The van der Waals surface area contributed by atoms with Gasteiger partial charge >= 0.3 is 0 Å². The Labute approximate surface area is 111 Å². The second-order valence-electron chi connectivity index (χ2n) is 4.08. The van der Waals surface area contributed by atoms with E-state index in [2.05, 4.69) is 15.5 Å². The van der Waals surface area contributed by atoms with Crippen molar-refractivity contribution in [1.29, 1.82) is 0 Å². The van der Waals surface area contributed by atoms with Crippen LogP contribution < -0.4 is 10.5 Å². The fourth-order valence-electron chi connectivity index (χ4n) is 1.70. The maximum absolute atomic E-state index is 11.4. The minimum atomic E-state index is -3.72. The molecule has 0 aliphatic heterocycles. The maximum Gasteiger partial charge on any atom is 0.240 e. The Morgan fingerprint density at radius 3 is 2.74 bits per heavy atom. The van der Waals surface area contributed by atoms with Crippen molar-refractivity contribution in [2.24, 2.45) is 12.2 Å². The van der Waals surface area contributed by atoms with Crippen LogP contribution in [0.3, 0.4) is 0 Å². The molecule has 2 aromatic rings. The molecule has 1 heterocycles. The average molecular weight is 281 g/mol. The summed E-state index contributed by atoms with van der Waals surface area (Å²) in [6, 6.07) is 6.53. The molecular weight excluding hydrogens is 266 g/mol. The average Bonchev–Trinajstić information content (AvgIpc) is 2.75. The van der Waals surface area contributed by atoms with Gasteiger partial charge in [-0.05, 0) is 12.1 Å². The Balaban J connectivity index is 2.06. The van der Waals surface area contributed by atoms with Gasteiger partial charge in [0.15, 0.2) is 0 Å². The summed E-state index contributed by atoms with van der Waals surface area (Å²) < 4.78 is 24.6. The molecule has 0 atom stereocenters. The van der Waals surface area contributed by atoms with Crippen molar-refractivity contribution in [2.75, 3.05) is 11.9 Å². The summed E-state index contributed by atoms with van der Waals surface area (Å²) in [5.74, 6) is 0.820. The second kappa shape index (κ2) is 5.37. The van der Waals surface area contributed by atoms with Crippen LogP contribution in [-0.2, 0) is 23.5 Å². The van der Waals surface area contributed by atoms with Crippen molar-refractivity contribution in [2.45, 2.75) is 11.3 Å². The number of benzene rings is 1. The molecule has 1 aromatic heterocycles. The predicted octanol–water partition coefficient (Wildman–Crippen LogP) is 0.117. The maximum atomic E-state index is 11.4. The fourth-order valence-corrected chi connectivity index (χ4v) is 2.42. The Morgan fingerprint density at radius 2 is 2.11 bits per heavy atom. The van der Waals surface area contributed by atoms with Crippen molar-refractivity contribution in [1.82, 2.24) is 14.8 Å². The lowest BCUT2D eigenvalue weighted by Crippen LogP contribution is -2.16. The summed E-state index contributed by atoms with van der Waals surface area (Å²) >= 11 is 0. The summed E-state index contributed by atoms with van der Waals surface area (Å²) in [6.07, 6.45) is 2.25. The topological polar surface area (TPSA) is 103 Å². The van der Waals surface area contributed by atoms with Crippen molar-refractivity contribution in [3.8, 4) is 0 Å². The van der Waals surface area contributed by atoms with Gasteiger partial charge < -0.3 is 9.88 Å². The quantitative estimate of drug-likeness (QED) is 0.810. The van der Waals surface area contributed by atoms with Crippen LogP contribution in [0.1, 0.15) is 5.82 Å². The molecule has 0 amide bonds. The molecule has 0 saturated carbocycles. The Bertz CT molecular complexity index is 665. The molecule has 1 aromatic carbocycles. The lowest BCUT2D eigenvalue weighted by molar-refractivity contribution is 0.598. The Hall–Kier alpha value is -1.93. The van der Waals surface area contributed by atoms with Crippen LogP contribution in [0.15, 0.2) is 35.5 Å². The van der Waals surface area contributed by atoms with Gasteiger partial charge in [-0.1, -0.05) is 12.1 Å². The molecule has 0 bridgehead atoms. The van der Waals surface area contributed by atoms with Gasteiger partial charge in [-0.25, -0.2) is 13.6 Å². The van der Waals surface area contributed by atoms with E-state index in [1.54, 1.807) is 24.5 Å². The summed E-state index contributed by atoms with van der Waals surface area (Å²) in [7, 11) is -1.87. The molecule has 2 rings (SSSR count). The van der Waals surface area contributed by atoms with E-state index in [0.717, 1.165) is 5.82 Å². The van der Waals surface area contributed by atoms with E-state index < -0.39 is 10.0 Å². The lowest BCUT2D eigenvalue weighted by Gasteiger charge is -2.10. The van der Waals surface area contributed by atoms with E-state index in [0.29, 0.717) is 18.7 Å². The molecule has 3 N–H and O–H groups in total. The number of primary sulfonamides is 1. The standard InChI is InChI=1S/C11H15N5O2S/c1-16-8-14-15-11(16)6-7-13-9-4-2-3-5-10(9)19(12,17)18/h2-5,8,13H,6-7H2,1H3,(H2,12,17,18). The molecule has 0 fully saturated rings. The van der Waals surface area contributed by atoms with E-state index in [-0.39, 0.29) is 4.90 Å². The van der Waals surface area contributed by atoms with Gasteiger partial charge in [0.1, 0.15) is 17.0 Å². The van der Waals surface area contributed by atoms with Crippen LogP contribution in [0, 0.1) is 0 Å². The summed E-state index contributed by atoms with van der Waals surface area (Å²) in [5, 5.41) is 15.9. The molecule has 0 spiro atoms. The van der Waals surface area contributed by atoms with E-state index in [9.17, 15) is 8.42 Å². The summed E-state index contributed by atoms with van der Waals surface area (Å²) in [6.45, 7) is 0.541. The smallest absolute Gasteiger partial charge is 0.240 e. The number of sulfonamides is 1. The van der Waals surface area contributed by atoms with Crippen LogP contribution >= 0.6 is 0 Å². The highest BCUT2D eigenvalue weighted by atomic mass is 32.2. The number of aromatic nitrogens is 3. The molecule has 0 aliphatic rings. The number of anilines is 1. The number of para-hydroxylation sites is 1. The largest absolute Gasteiger partial charge is 0.383 e. The molecule has 0 radical (unpaired) electrons. The van der Waals surface area contributed by atoms with E-state index in [1.165, 1.54) is 6.07 Å². The molecule has 0 aliphatic carbocycles. The van der Waals surface area contributed by atoms with Gasteiger partial charge in [0.05, 0.1) is 5.69 Å². The normalized spacial score (nSPS) is 11.5. The molecule has 8 heteroatoms. The van der Waals surface area contributed by atoms with Gasteiger partial charge in [-0.15, -0.1) is 10.2 Å². The van der Waals surface area contributed by atoms with Crippen molar-refractivity contribution < 1.29 is 8.42 Å². The zero-order valence-electron chi connectivity index (χ0n) is 10.4. The fraction of sp³-hybridized carbons (Fsp3) is 0.273. The highest BCUT2D eigenvalue weighted by molar-refractivity contribution is 7.89. The zero-order valence-corrected chi connectivity index (χ0v) is 11.3. The first kappa shape index (κ1) is 13.5. The number of hydrogen-bond donors (Lipinski definition) is 2. The van der Waals surface area contributed by atoms with Gasteiger partial charge in [0.25, 0.3) is 0 Å². The molecular formula is C11H15N5O2S. The van der Waals surface area contributed by atoms with Gasteiger partial charge in [-0.3, -0.25) is 0 Å². The SMILES string of the molecule is Cn1cnnc1CCNc1ccccc1S(N)(=O)=O. The first-order valence-electron chi connectivity index (χ1n) is 5.67. The Morgan fingerprint density at radius 1 is 1.37 bits per heavy atom. The minimum absolute atomic E-state index is 0.0907. The number of nitrogens with two attached hydrogens (primary N) is 1. The van der Waals surface area contributed by atoms with Crippen LogP contribution in [-0.4, -0.2) is 29.7 Å². The lowest BCUT2D eigenvalue weighted by atomic mass is 10.3. The third-order valence-corrected chi connectivity index (χ3v) is 3.63. The summed E-state index contributed by atoms with van der Waals surface area (Å²) in [4.78, 5) is 0.0907. The van der Waals surface area contributed by atoms with Gasteiger partial charge in [-0.2, -0.15) is 0 Å². The second-order valence-corrected chi connectivity index (χ2v) is 5.61. The van der Waals surface area contributed by atoms with E-state index >= 15 is 0 Å². The zero-order chi connectivity index (χ0) is 13.9. The van der Waals surface area contributed by atoms with Crippen LogP contribution in [0.2, 0.25) is 0 Å². The molecule has 0 saturated heterocycles. The number of aryl methyl sites for hydroxylation is 1.